The zero-order chi connectivity index (χ0) is 19.6. The van der Waals surface area contributed by atoms with E-state index >= 15 is 0 Å². The molecule has 1 heterocycles. The second-order valence-corrected chi connectivity index (χ2v) is 6.36. The maximum absolute atomic E-state index is 12.6. The Morgan fingerprint density at radius 1 is 1.19 bits per heavy atom. The predicted octanol–water partition coefficient (Wildman–Crippen LogP) is 3.94. The van der Waals surface area contributed by atoms with E-state index in [-0.39, 0.29) is 5.91 Å². The number of amides is 1. The molecule has 2 rings (SSSR count). The summed E-state index contributed by atoms with van der Waals surface area (Å²) >= 11 is 0. The van der Waals surface area contributed by atoms with Gasteiger partial charge in [-0.05, 0) is 57.0 Å². The number of pyridine rings is 1. The smallest absolute Gasteiger partial charge is 0.257 e. The molecule has 0 aliphatic rings. The number of benzene rings is 1. The topological polar surface area (TPSA) is 66.5 Å². The molecule has 1 amide bonds. The van der Waals surface area contributed by atoms with Crippen molar-refractivity contribution in [1.82, 2.24) is 4.98 Å². The SMILES string of the molecule is CCN(CC)c1ccc(NC(=O)c2cncc(NCCCOC)c2)c(C)c1. The number of anilines is 3. The fourth-order valence-corrected chi connectivity index (χ4v) is 2.88. The number of aromatic nitrogens is 1. The molecule has 0 aliphatic carbocycles. The number of carbonyl (C=O) groups excluding carboxylic acids is 1. The lowest BCUT2D eigenvalue weighted by atomic mass is 10.1. The first kappa shape index (κ1) is 20.7. The summed E-state index contributed by atoms with van der Waals surface area (Å²) < 4.78 is 5.03. The monoisotopic (exact) mass is 370 g/mol. The zero-order valence-corrected chi connectivity index (χ0v) is 16.7. The van der Waals surface area contributed by atoms with Gasteiger partial charge in [0.2, 0.25) is 0 Å². The molecule has 27 heavy (non-hydrogen) atoms. The van der Waals surface area contributed by atoms with Crippen molar-refractivity contribution in [3.63, 3.8) is 0 Å². The van der Waals surface area contributed by atoms with Crippen LogP contribution in [0.4, 0.5) is 17.1 Å². The van der Waals surface area contributed by atoms with E-state index in [0.717, 1.165) is 43.0 Å². The molecule has 0 fully saturated rings. The van der Waals surface area contributed by atoms with Crippen LogP contribution in [0.1, 0.15) is 36.2 Å². The number of rotatable bonds is 10. The summed E-state index contributed by atoms with van der Waals surface area (Å²) in [6.07, 6.45) is 4.19. The van der Waals surface area contributed by atoms with E-state index in [1.807, 2.05) is 25.1 Å². The van der Waals surface area contributed by atoms with Gasteiger partial charge < -0.3 is 20.3 Å². The number of hydrogen-bond acceptors (Lipinski definition) is 5. The number of nitrogens with one attached hydrogen (secondary N) is 2. The van der Waals surface area contributed by atoms with Crippen molar-refractivity contribution in [3.8, 4) is 0 Å². The molecule has 0 spiro atoms. The van der Waals surface area contributed by atoms with Gasteiger partial charge in [0.25, 0.3) is 5.91 Å². The molecule has 0 saturated heterocycles. The fourth-order valence-electron chi connectivity index (χ4n) is 2.88. The van der Waals surface area contributed by atoms with Crippen LogP contribution in [-0.4, -0.2) is 44.2 Å². The van der Waals surface area contributed by atoms with E-state index in [0.29, 0.717) is 12.2 Å². The molecular weight excluding hydrogens is 340 g/mol. The van der Waals surface area contributed by atoms with Gasteiger partial charge in [-0.2, -0.15) is 0 Å². The number of methoxy groups -OCH3 is 1. The van der Waals surface area contributed by atoms with Crippen molar-refractivity contribution in [3.05, 3.63) is 47.8 Å². The Morgan fingerprint density at radius 3 is 2.63 bits per heavy atom. The van der Waals surface area contributed by atoms with Gasteiger partial charge in [0, 0.05) is 57.1 Å². The van der Waals surface area contributed by atoms with Crippen molar-refractivity contribution < 1.29 is 9.53 Å². The van der Waals surface area contributed by atoms with Gasteiger partial charge in [-0.3, -0.25) is 9.78 Å². The molecule has 0 radical (unpaired) electrons. The van der Waals surface area contributed by atoms with E-state index in [9.17, 15) is 4.79 Å². The van der Waals surface area contributed by atoms with Crippen LogP contribution in [0.5, 0.6) is 0 Å². The Labute approximate surface area is 161 Å². The van der Waals surface area contributed by atoms with Gasteiger partial charge in [-0.1, -0.05) is 0 Å². The van der Waals surface area contributed by atoms with E-state index < -0.39 is 0 Å². The van der Waals surface area contributed by atoms with Crippen LogP contribution >= 0.6 is 0 Å². The normalized spacial score (nSPS) is 10.5. The summed E-state index contributed by atoms with van der Waals surface area (Å²) in [4.78, 5) is 19.1. The van der Waals surface area contributed by atoms with Crippen LogP contribution in [0.15, 0.2) is 36.7 Å². The van der Waals surface area contributed by atoms with Crippen molar-refractivity contribution in [2.75, 3.05) is 48.9 Å². The first-order chi connectivity index (χ1) is 13.1. The van der Waals surface area contributed by atoms with Crippen LogP contribution in [-0.2, 0) is 4.74 Å². The average Bonchev–Trinajstić information content (AvgIpc) is 2.68. The van der Waals surface area contributed by atoms with Crippen LogP contribution in [0, 0.1) is 6.92 Å². The van der Waals surface area contributed by atoms with Crippen LogP contribution in [0.3, 0.4) is 0 Å². The Kier molecular flexibility index (Phi) is 8.07. The van der Waals surface area contributed by atoms with Crippen LogP contribution in [0.2, 0.25) is 0 Å². The predicted molar refractivity (Wildman–Crippen MR) is 112 cm³/mol. The molecule has 2 aromatic rings. The molecular formula is C21H30N4O2. The number of hydrogen-bond donors (Lipinski definition) is 2. The lowest BCUT2D eigenvalue weighted by Gasteiger charge is -2.22. The minimum Gasteiger partial charge on any atom is -0.385 e. The summed E-state index contributed by atoms with van der Waals surface area (Å²) in [6.45, 7) is 9.66. The highest BCUT2D eigenvalue weighted by atomic mass is 16.5. The Bertz CT molecular complexity index is 745. The highest BCUT2D eigenvalue weighted by Gasteiger charge is 2.11. The first-order valence-corrected chi connectivity index (χ1v) is 9.43. The third kappa shape index (κ3) is 5.96. The minimum atomic E-state index is -0.165. The fraction of sp³-hybridized carbons (Fsp3) is 0.429. The number of ether oxygens (including phenoxy) is 1. The highest BCUT2D eigenvalue weighted by Crippen LogP contribution is 2.23. The lowest BCUT2D eigenvalue weighted by molar-refractivity contribution is 0.102. The number of aryl methyl sites for hydroxylation is 1. The second-order valence-electron chi connectivity index (χ2n) is 6.36. The summed E-state index contributed by atoms with van der Waals surface area (Å²) in [5.74, 6) is -0.165. The van der Waals surface area contributed by atoms with Crippen LogP contribution < -0.4 is 15.5 Å². The van der Waals surface area contributed by atoms with Gasteiger partial charge in [-0.15, -0.1) is 0 Å². The van der Waals surface area contributed by atoms with Crippen molar-refractivity contribution in [2.45, 2.75) is 27.2 Å². The number of nitrogens with zero attached hydrogens (tertiary/aromatic N) is 2. The van der Waals surface area contributed by atoms with Gasteiger partial charge in [0.15, 0.2) is 0 Å². The molecule has 0 unspecified atom stereocenters. The van der Waals surface area contributed by atoms with Gasteiger partial charge >= 0.3 is 0 Å². The quantitative estimate of drug-likeness (QED) is 0.620. The zero-order valence-electron chi connectivity index (χ0n) is 16.7. The summed E-state index contributed by atoms with van der Waals surface area (Å²) in [7, 11) is 1.68. The Balaban J connectivity index is 2.04. The first-order valence-electron chi connectivity index (χ1n) is 9.43. The summed E-state index contributed by atoms with van der Waals surface area (Å²) in [5, 5.41) is 6.24. The van der Waals surface area contributed by atoms with Crippen molar-refractivity contribution >= 4 is 23.0 Å². The van der Waals surface area contributed by atoms with Gasteiger partial charge in [0.05, 0.1) is 11.3 Å². The molecule has 0 aliphatic heterocycles. The molecule has 1 aromatic heterocycles. The van der Waals surface area contributed by atoms with Crippen LogP contribution in [0.25, 0.3) is 0 Å². The second kappa shape index (κ2) is 10.5. The summed E-state index contributed by atoms with van der Waals surface area (Å²) in [6, 6.07) is 7.92. The van der Waals surface area contributed by atoms with E-state index in [4.69, 9.17) is 4.74 Å². The maximum Gasteiger partial charge on any atom is 0.257 e. The third-order valence-corrected chi connectivity index (χ3v) is 4.44. The van der Waals surface area contributed by atoms with E-state index in [2.05, 4.69) is 40.4 Å². The van der Waals surface area contributed by atoms with Crippen molar-refractivity contribution in [2.24, 2.45) is 0 Å². The average molecular weight is 370 g/mol. The summed E-state index contributed by atoms with van der Waals surface area (Å²) in [5.41, 5.74) is 4.37. The molecule has 6 nitrogen and oxygen atoms in total. The van der Waals surface area contributed by atoms with Gasteiger partial charge in [0.1, 0.15) is 0 Å². The van der Waals surface area contributed by atoms with E-state index in [1.54, 1.807) is 19.5 Å². The molecule has 2 N–H and O–H groups in total. The highest BCUT2D eigenvalue weighted by molar-refractivity contribution is 6.05. The molecule has 0 saturated carbocycles. The molecule has 146 valence electrons. The lowest BCUT2D eigenvalue weighted by Crippen LogP contribution is -2.22. The Morgan fingerprint density at radius 2 is 1.96 bits per heavy atom. The molecule has 0 atom stereocenters. The minimum absolute atomic E-state index is 0.165. The number of carbonyl (C=O) groups is 1. The Hall–Kier alpha value is -2.60. The largest absolute Gasteiger partial charge is 0.385 e. The standard InChI is InChI=1S/C21H30N4O2/c1-5-25(6-2)19-8-9-20(16(3)12-19)24-21(26)17-13-18(15-22-14-17)23-10-7-11-27-4/h8-9,12-15,23H,5-7,10-11H2,1-4H3,(H,24,26). The van der Waals surface area contributed by atoms with E-state index in [1.165, 1.54) is 5.69 Å². The van der Waals surface area contributed by atoms with Crippen molar-refractivity contribution in [1.29, 1.82) is 0 Å². The molecule has 1 aromatic carbocycles. The molecule has 6 heteroatoms. The third-order valence-electron chi connectivity index (χ3n) is 4.44. The molecule has 0 bridgehead atoms. The van der Waals surface area contributed by atoms with Gasteiger partial charge in [-0.25, -0.2) is 0 Å². The maximum atomic E-state index is 12.6.